The predicted octanol–water partition coefficient (Wildman–Crippen LogP) is 4.92. The van der Waals surface area contributed by atoms with Gasteiger partial charge in [0.25, 0.3) is 11.5 Å². The van der Waals surface area contributed by atoms with Crippen molar-refractivity contribution in [1.82, 2.24) is 9.78 Å². The molecular formula is C29H30N4O3. The SMILES string of the molecule is Cc1cccc(OCC(=O)Nc2cc(-c3nn(C)c(=O)c4ccccc34)ccc2N2CCCCC2)c1. The van der Waals surface area contributed by atoms with Gasteiger partial charge in [0.2, 0.25) is 0 Å². The Morgan fingerprint density at radius 1 is 0.972 bits per heavy atom. The molecule has 1 aliphatic rings. The topological polar surface area (TPSA) is 76.5 Å². The number of nitrogens with one attached hydrogen (secondary N) is 1. The van der Waals surface area contributed by atoms with Crippen LogP contribution in [0.1, 0.15) is 24.8 Å². The summed E-state index contributed by atoms with van der Waals surface area (Å²) in [4.78, 5) is 27.9. The fourth-order valence-corrected chi connectivity index (χ4v) is 4.75. The van der Waals surface area contributed by atoms with E-state index in [9.17, 15) is 9.59 Å². The summed E-state index contributed by atoms with van der Waals surface area (Å²) >= 11 is 0. The minimum atomic E-state index is -0.231. The lowest BCUT2D eigenvalue weighted by atomic mass is 10.0. The van der Waals surface area contributed by atoms with Crippen molar-refractivity contribution in [3.8, 4) is 17.0 Å². The maximum absolute atomic E-state index is 12.9. The fourth-order valence-electron chi connectivity index (χ4n) is 4.75. The highest BCUT2D eigenvalue weighted by Crippen LogP contribution is 2.34. The van der Waals surface area contributed by atoms with Gasteiger partial charge in [0, 0.05) is 31.1 Å². The van der Waals surface area contributed by atoms with Crippen LogP contribution in [0.4, 0.5) is 11.4 Å². The number of rotatable bonds is 6. The van der Waals surface area contributed by atoms with Crippen LogP contribution in [0.15, 0.2) is 71.5 Å². The Hall–Kier alpha value is -4.13. The van der Waals surface area contributed by atoms with Crippen molar-refractivity contribution in [2.75, 3.05) is 29.9 Å². The van der Waals surface area contributed by atoms with E-state index in [-0.39, 0.29) is 18.1 Å². The number of piperidine rings is 1. The lowest BCUT2D eigenvalue weighted by Crippen LogP contribution is -2.31. The van der Waals surface area contributed by atoms with E-state index in [1.54, 1.807) is 7.05 Å². The molecule has 2 heterocycles. The number of hydrogen-bond acceptors (Lipinski definition) is 5. The summed E-state index contributed by atoms with van der Waals surface area (Å²) in [6.45, 7) is 3.79. The highest BCUT2D eigenvalue weighted by atomic mass is 16.5. The fraction of sp³-hybridized carbons (Fsp3) is 0.276. The summed E-state index contributed by atoms with van der Waals surface area (Å²) in [5, 5.41) is 9.04. The van der Waals surface area contributed by atoms with E-state index < -0.39 is 0 Å². The molecule has 7 nitrogen and oxygen atoms in total. The molecule has 1 N–H and O–H groups in total. The van der Waals surface area contributed by atoms with Crippen LogP contribution < -0.4 is 20.5 Å². The second-order valence-electron chi connectivity index (χ2n) is 9.26. The van der Waals surface area contributed by atoms with Crippen LogP contribution in [0, 0.1) is 6.92 Å². The zero-order valence-corrected chi connectivity index (χ0v) is 20.7. The second-order valence-corrected chi connectivity index (χ2v) is 9.26. The van der Waals surface area contributed by atoms with Gasteiger partial charge in [0.15, 0.2) is 6.61 Å². The number of carbonyl (C=O) groups excluding carboxylic acids is 1. The van der Waals surface area contributed by atoms with Crippen molar-refractivity contribution >= 4 is 28.1 Å². The number of fused-ring (bicyclic) bond motifs is 1. The number of ether oxygens (including phenoxy) is 1. The van der Waals surface area contributed by atoms with Crippen LogP contribution >= 0.6 is 0 Å². The van der Waals surface area contributed by atoms with Crippen molar-refractivity contribution in [3.05, 3.63) is 82.6 Å². The van der Waals surface area contributed by atoms with Gasteiger partial charge in [-0.1, -0.05) is 36.4 Å². The number of benzene rings is 3. The number of nitrogens with zero attached hydrogens (tertiary/aromatic N) is 3. The van der Waals surface area contributed by atoms with Gasteiger partial charge in [0.1, 0.15) is 5.75 Å². The molecule has 0 radical (unpaired) electrons. The van der Waals surface area contributed by atoms with E-state index in [1.165, 1.54) is 11.1 Å². The minimum Gasteiger partial charge on any atom is -0.484 e. The van der Waals surface area contributed by atoms with Crippen molar-refractivity contribution in [1.29, 1.82) is 0 Å². The summed E-state index contributed by atoms with van der Waals surface area (Å²) in [6, 6.07) is 21.1. The van der Waals surface area contributed by atoms with E-state index in [0.29, 0.717) is 22.5 Å². The van der Waals surface area contributed by atoms with E-state index in [4.69, 9.17) is 4.74 Å². The molecule has 1 aliphatic heterocycles. The Morgan fingerprint density at radius 2 is 1.75 bits per heavy atom. The standard InChI is InChI=1S/C29H30N4O3/c1-20-9-8-10-22(17-20)36-19-27(34)30-25-18-21(13-14-26(25)33-15-6-3-7-16-33)28-23-11-4-5-12-24(23)29(35)32(2)31-28/h4-5,8-14,17-18H,3,6-7,15-16,19H2,1-2H3,(H,30,34). The average molecular weight is 483 g/mol. The van der Waals surface area contributed by atoms with Crippen LogP contribution in [-0.4, -0.2) is 35.4 Å². The highest BCUT2D eigenvalue weighted by molar-refractivity contribution is 5.99. The molecule has 0 bridgehead atoms. The first kappa shape index (κ1) is 23.6. The van der Waals surface area contributed by atoms with Gasteiger partial charge in [-0.3, -0.25) is 9.59 Å². The molecule has 0 saturated carbocycles. The van der Waals surface area contributed by atoms with E-state index in [0.717, 1.165) is 48.1 Å². The number of amides is 1. The molecule has 0 aliphatic carbocycles. The first-order chi connectivity index (χ1) is 17.5. The monoisotopic (exact) mass is 482 g/mol. The lowest BCUT2D eigenvalue weighted by Gasteiger charge is -2.31. The highest BCUT2D eigenvalue weighted by Gasteiger charge is 2.19. The summed E-state index contributed by atoms with van der Waals surface area (Å²) in [7, 11) is 1.66. The molecule has 1 saturated heterocycles. The van der Waals surface area contributed by atoms with Crippen molar-refractivity contribution in [2.45, 2.75) is 26.2 Å². The van der Waals surface area contributed by atoms with E-state index in [1.807, 2.05) is 73.7 Å². The normalized spacial score (nSPS) is 13.6. The molecule has 1 aromatic heterocycles. The van der Waals surface area contributed by atoms with Crippen LogP contribution in [0.2, 0.25) is 0 Å². The number of carbonyl (C=O) groups is 1. The van der Waals surface area contributed by atoms with Gasteiger partial charge in [-0.25, -0.2) is 4.68 Å². The number of aromatic nitrogens is 2. The average Bonchev–Trinajstić information content (AvgIpc) is 2.90. The molecule has 0 atom stereocenters. The Labute approximate surface area is 210 Å². The summed E-state index contributed by atoms with van der Waals surface area (Å²) in [6.07, 6.45) is 3.46. The quantitative estimate of drug-likeness (QED) is 0.422. The van der Waals surface area contributed by atoms with E-state index >= 15 is 0 Å². The van der Waals surface area contributed by atoms with Crippen LogP contribution in [-0.2, 0) is 11.8 Å². The Bertz CT molecular complexity index is 1470. The van der Waals surface area contributed by atoms with Crippen molar-refractivity contribution < 1.29 is 9.53 Å². The Kier molecular flexibility index (Phi) is 6.71. The Balaban J connectivity index is 1.49. The van der Waals surface area contributed by atoms with Crippen molar-refractivity contribution in [3.63, 3.8) is 0 Å². The van der Waals surface area contributed by atoms with Gasteiger partial charge in [-0.2, -0.15) is 5.10 Å². The van der Waals surface area contributed by atoms with Gasteiger partial charge in [0.05, 0.1) is 22.5 Å². The van der Waals surface area contributed by atoms with Gasteiger partial charge >= 0.3 is 0 Å². The largest absolute Gasteiger partial charge is 0.484 e. The van der Waals surface area contributed by atoms with Gasteiger partial charge in [-0.15, -0.1) is 0 Å². The number of aryl methyl sites for hydroxylation is 2. The molecule has 36 heavy (non-hydrogen) atoms. The van der Waals surface area contributed by atoms with Crippen LogP contribution in [0.25, 0.3) is 22.0 Å². The van der Waals surface area contributed by atoms with Crippen LogP contribution in [0.5, 0.6) is 5.75 Å². The lowest BCUT2D eigenvalue weighted by molar-refractivity contribution is -0.118. The summed E-state index contributed by atoms with van der Waals surface area (Å²) in [5.41, 5.74) is 4.16. The molecule has 0 spiro atoms. The summed E-state index contributed by atoms with van der Waals surface area (Å²) in [5.74, 6) is 0.432. The smallest absolute Gasteiger partial charge is 0.274 e. The summed E-state index contributed by atoms with van der Waals surface area (Å²) < 4.78 is 7.10. The first-order valence-electron chi connectivity index (χ1n) is 12.3. The molecule has 1 amide bonds. The molecule has 4 aromatic rings. The maximum atomic E-state index is 12.9. The number of hydrogen-bond donors (Lipinski definition) is 1. The molecule has 1 fully saturated rings. The predicted molar refractivity (Wildman–Crippen MR) is 144 cm³/mol. The zero-order valence-electron chi connectivity index (χ0n) is 20.7. The van der Waals surface area contributed by atoms with Crippen LogP contribution in [0.3, 0.4) is 0 Å². The van der Waals surface area contributed by atoms with Gasteiger partial charge < -0.3 is 15.0 Å². The third-order valence-electron chi connectivity index (χ3n) is 6.56. The molecule has 7 heteroatoms. The maximum Gasteiger partial charge on any atom is 0.274 e. The molecular weight excluding hydrogens is 452 g/mol. The third-order valence-corrected chi connectivity index (χ3v) is 6.56. The zero-order chi connectivity index (χ0) is 25.1. The van der Waals surface area contributed by atoms with Gasteiger partial charge in [-0.05, 0) is 62.1 Å². The number of anilines is 2. The van der Waals surface area contributed by atoms with Crippen molar-refractivity contribution in [2.24, 2.45) is 7.05 Å². The minimum absolute atomic E-state index is 0.0891. The first-order valence-corrected chi connectivity index (χ1v) is 12.3. The molecule has 0 unspecified atom stereocenters. The molecule has 3 aromatic carbocycles. The van der Waals surface area contributed by atoms with E-state index in [2.05, 4.69) is 15.3 Å². The third kappa shape index (κ3) is 4.96. The molecule has 184 valence electrons. The molecule has 5 rings (SSSR count). The second kappa shape index (κ2) is 10.2. The Morgan fingerprint density at radius 3 is 2.53 bits per heavy atom.